The van der Waals surface area contributed by atoms with Crippen LogP contribution in [0.3, 0.4) is 0 Å². The highest BCUT2D eigenvalue weighted by atomic mass is 32.2. The number of ketones is 1. The molecule has 2 aromatic heterocycles. The van der Waals surface area contributed by atoms with Crippen molar-refractivity contribution in [3.63, 3.8) is 0 Å². The monoisotopic (exact) mass is 472 g/mol. The van der Waals surface area contributed by atoms with Gasteiger partial charge in [0, 0.05) is 35.9 Å². The van der Waals surface area contributed by atoms with Gasteiger partial charge in [-0.05, 0) is 51.1 Å². The molecule has 1 aromatic carbocycles. The zero-order valence-corrected chi connectivity index (χ0v) is 20.5. The van der Waals surface area contributed by atoms with Crippen LogP contribution in [0.25, 0.3) is 10.2 Å². The number of thiazole rings is 1. The van der Waals surface area contributed by atoms with E-state index in [1.807, 2.05) is 18.4 Å². The fourth-order valence-electron chi connectivity index (χ4n) is 2.70. The maximum absolute atomic E-state index is 12.5. The van der Waals surface area contributed by atoms with Crippen LogP contribution in [0, 0.1) is 5.92 Å². The van der Waals surface area contributed by atoms with Crippen LogP contribution in [0.5, 0.6) is 0 Å². The summed E-state index contributed by atoms with van der Waals surface area (Å²) < 4.78 is 0.911. The van der Waals surface area contributed by atoms with Gasteiger partial charge in [0.2, 0.25) is 5.95 Å². The second kappa shape index (κ2) is 10.3. The minimum atomic E-state index is -0.904. The number of anilines is 2. The van der Waals surface area contributed by atoms with Gasteiger partial charge in [-0.3, -0.25) is 9.59 Å². The number of carbonyl (C=O) groups excluding carboxylic acids is 2. The SMILES string of the molecule is CSc1cnc(NC[C@H](C)CNc2nc3ccc(C(=O)NC(C)(C)C(C)=O)cc3s2)nc1. The van der Waals surface area contributed by atoms with E-state index in [0.717, 1.165) is 33.3 Å². The average Bonchev–Trinajstić information content (AvgIpc) is 3.18. The number of fused-ring (bicyclic) bond motifs is 1. The van der Waals surface area contributed by atoms with E-state index in [2.05, 4.69) is 37.8 Å². The Hall–Kier alpha value is -2.72. The maximum Gasteiger partial charge on any atom is 0.252 e. The van der Waals surface area contributed by atoms with Crippen LogP contribution < -0.4 is 16.0 Å². The van der Waals surface area contributed by atoms with Gasteiger partial charge in [-0.1, -0.05) is 18.3 Å². The second-order valence-electron chi connectivity index (χ2n) is 8.15. The molecule has 3 aromatic rings. The Bertz CT molecular complexity index is 1100. The predicted octanol–water partition coefficient (Wildman–Crippen LogP) is 4.07. The number of amides is 1. The highest BCUT2D eigenvalue weighted by Gasteiger charge is 2.26. The van der Waals surface area contributed by atoms with Crippen LogP contribution in [0.1, 0.15) is 38.1 Å². The van der Waals surface area contributed by atoms with Crippen LogP contribution in [-0.2, 0) is 4.79 Å². The van der Waals surface area contributed by atoms with E-state index < -0.39 is 5.54 Å². The fraction of sp³-hybridized carbons (Fsp3) is 0.409. The summed E-state index contributed by atoms with van der Waals surface area (Å²) in [5.74, 6) is 0.570. The molecule has 0 spiro atoms. The maximum atomic E-state index is 12.5. The van der Waals surface area contributed by atoms with Crippen molar-refractivity contribution in [3.05, 3.63) is 36.2 Å². The number of aromatic nitrogens is 3. The van der Waals surface area contributed by atoms with Crippen molar-refractivity contribution >= 4 is 56.1 Å². The minimum Gasteiger partial charge on any atom is -0.361 e. The van der Waals surface area contributed by atoms with Gasteiger partial charge in [0.05, 0.1) is 15.8 Å². The molecule has 0 aliphatic carbocycles. The number of hydrogen-bond acceptors (Lipinski definition) is 9. The number of benzene rings is 1. The molecule has 170 valence electrons. The normalized spacial score (nSPS) is 12.4. The lowest BCUT2D eigenvalue weighted by Gasteiger charge is -2.22. The molecule has 2 heterocycles. The number of carbonyl (C=O) groups is 2. The van der Waals surface area contributed by atoms with Crippen LogP contribution >= 0.6 is 23.1 Å². The highest BCUT2D eigenvalue weighted by molar-refractivity contribution is 7.98. The van der Waals surface area contributed by atoms with E-state index in [1.54, 1.807) is 44.1 Å². The van der Waals surface area contributed by atoms with Crippen molar-refractivity contribution in [1.82, 2.24) is 20.3 Å². The first-order chi connectivity index (χ1) is 15.2. The quantitative estimate of drug-likeness (QED) is 0.379. The summed E-state index contributed by atoms with van der Waals surface area (Å²) in [6, 6.07) is 5.36. The van der Waals surface area contributed by atoms with Crippen molar-refractivity contribution < 1.29 is 9.59 Å². The lowest BCUT2D eigenvalue weighted by Crippen LogP contribution is -2.48. The lowest BCUT2D eigenvalue weighted by molar-refractivity contribution is -0.121. The molecule has 0 aliphatic rings. The molecule has 0 saturated heterocycles. The molecule has 0 bridgehead atoms. The second-order valence-corrected chi connectivity index (χ2v) is 10.1. The standard InChI is InChI=1S/C22H28N6O2S2/c1-13(9-23-20-24-11-16(31-5)12-25-20)10-26-21-27-17-7-6-15(8-18(17)32-21)19(30)28-22(3,4)14(2)29/h6-8,11-13H,9-10H2,1-5H3,(H,26,27)(H,28,30)(H,23,24,25)/t13-/m0/s1. The Balaban J connectivity index is 1.56. The minimum absolute atomic E-state index is 0.0941. The molecule has 0 unspecified atom stereocenters. The Morgan fingerprint density at radius 1 is 1.16 bits per heavy atom. The Labute approximate surface area is 196 Å². The molecule has 0 radical (unpaired) electrons. The van der Waals surface area contributed by atoms with Crippen molar-refractivity contribution in [2.75, 3.05) is 30.0 Å². The molecular formula is C22H28N6O2S2. The summed E-state index contributed by atoms with van der Waals surface area (Å²) in [5.41, 5.74) is 0.429. The molecule has 0 fully saturated rings. The van der Waals surface area contributed by atoms with Crippen LogP contribution in [-0.4, -0.2) is 51.5 Å². The van der Waals surface area contributed by atoms with Crippen molar-refractivity contribution in [3.8, 4) is 0 Å². The van der Waals surface area contributed by atoms with Crippen LogP contribution in [0.2, 0.25) is 0 Å². The van der Waals surface area contributed by atoms with Gasteiger partial charge >= 0.3 is 0 Å². The van der Waals surface area contributed by atoms with Gasteiger partial charge < -0.3 is 16.0 Å². The Morgan fingerprint density at radius 2 is 1.84 bits per heavy atom. The molecule has 32 heavy (non-hydrogen) atoms. The van der Waals surface area contributed by atoms with Crippen molar-refractivity contribution in [2.24, 2.45) is 5.92 Å². The molecule has 10 heteroatoms. The number of rotatable bonds is 10. The number of hydrogen-bond donors (Lipinski definition) is 3. The number of nitrogens with zero attached hydrogens (tertiary/aromatic N) is 3. The van der Waals surface area contributed by atoms with Crippen molar-refractivity contribution in [2.45, 2.75) is 38.1 Å². The average molecular weight is 473 g/mol. The molecule has 0 aliphatic heterocycles. The Morgan fingerprint density at radius 3 is 2.50 bits per heavy atom. The van der Waals surface area contributed by atoms with Gasteiger partial charge in [-0.25, -0.2) is 15.0 Å². The summed E-state index contributed by atoms with van der Waals surface area (Å²) in [4.78, 5) is 38.5. The third-order valence-corrected chi connectivity index (χ3v) is 6.69. The van der Waals surface area contributed by atoms with E-state index in [0.29, 0.717) is 17.4 Å². The predicted molar refractivity (Wildman–Crippen MR) is 132 cm³/mol. The third kappa shape index (κ3) is 6.17. The first kappa shape index (κ1) is 23.9. The zero-order chi connectivity index (χ0) is 23.3. The number of nitrogens with one attached hydrogen (secondary N) is 3. The first-order valence-electron chi connectivity index (χ1n) is 10.3. The van der Waals surface area contributed by atoms with Crippen molar-refractivity contribution in [1.29, 1.82) is 0 Å². The summed E-state index contributed by atoms with van der Waals surface area (Å²) in [5, 5.41) is 10.2. The highest BCUT2D eigenvalue weighted by Crippen LogP contribution is 2.27. The molecule has 8 nitrogen and oxygen atoms in total. The first-order valence-corrected chi connectivity index (χ1v) is 12.3. The largest absolute Gasteiger partial charge is 0.361 e. The van der Waals surface area contributed by atoms with Gasteiger partial charge in [0.15, 0.2) is 10.9 Å². The molecule has 1 atom stereocenters. The smallest absolute Gasteiger partial charge is 0.252 e. The van der Waals surface area contributed by atoms with Crippen LogP contribution in [0.15, 0.2) is 35.5 Å². The number of Topliss-reactive ketones (excluding diaryl/α,β-unsaturated/α-hetero) is 1. The third-order valence-electron chi connectivity index (χ3n) is 5.03. The lowest BCUT2D eigenvalue weighted by atomic mass is 10.00. The summed E-state index contributed by atoms with van der Waals surface area (Å²) >= 11 is 3.11. The van der Waals surface area contributed by atoms with Gasteiger partial charge in [0.1, 0.15) is 0 Å². The number of thioether (sulfide) groups is 1. The molecule has 3 N–H and O–H groups in total. The van der Waals surface area contributed by atoms with Gasteiger partial charge in [-0.15, -0.1) is 11.8 Å². The van der Waals surface area contributed by atoms with E-state index in [9.17, 15) is 9.59 Å². The molecule has 0 saturated carbocycles. The zero-order valence-electron chi connectivity index (χ0n) is 18.9. The molecule has 1 amide bonds. The summed E-state index contributed by atoms with van der Waals surface area (Å²) in [6.45, 7) is 8.45. The molecule has 3 rings (SSSR count). The van der Waals surface area contributed by atoms with E-state index in [-0.39, 0.29) is 11.7 Å². The van der Waals surface area contributed by atoms with E-state index >= 15 is 0 Å². The summed E-state index contributed by atoms with van der Waals surface area (Å²) in [7, 11) is 0. The van der Waals surface area contributed by atoms with E-state index in [1.165, 1.54) is 18.3 Å². The fourth-order valence-corrected chi connectivity index (χ4v) is 3.93. The van der Waals surface area contributed by atoms with E-state index in [4.69, 9.17) is 0 Å². The molecular weight excluding hydrogens is 444 g/mol. The summed E-state index contributed by atoms with van der Waals surface area (Å²) in [6.07, 6.45) is 5.60. The Kier molecular flexibility index (Phi) is 7.68. The van der Waals surface area contributed by atoms with Gasteiger partial charge in [0.25, 0.3) is 5.91 Å². The van der Waals surface area contributed by atoms with Crippen LogP contribution in [0.4, 0.5) is 11.1 Å². The van der Waals surface area contributed by atoms with Gasteiger partial charge in [-0.2, -0.15) is 0 Å². The topological polar surface area (TPSA) is 109 Å².